The number of halogens is 2. The van der Waals surface area contributed by atoms with Crippen molar-refractivity contribution in [3.05, 3.63) is 95.3 Å². The normalized spacial score (nSPS) is 11.7. The second kappa shape index (κ2) is 8.99. The molecule has 9 heteroatoms. The Bertz CT molecular complexity index is 1360. The van der Waals surface area contributed by atoms with Crippen LogP contribution in [0.5, 0.6) is 0 Å². The number of nitrogens with zero attached hydrogens (tertiary/aromatic N) is 2. The number of anilines is 2. The molecule has 0 aliphatic rings. The van der Waals surface area contributed by atoms with Crippen LogP contribution >= 0.6 is 0 Å². The molecule has 7 nitrogen and oxygen atoms in total. The highest BCUT2D eigenvalue weighted by Gasteiger charge is 2.18. The van der Waals surface area contributed by atoms with Gasteiger partial charge in [-0.25, -0.2) is 18.7 Å². The van der Waals surface area contributed by atoms with Crippen molar-refractivity contribution in [2.45, 2.75) is 13.0 Å². The fourth-order valence-corrected chi connectivity index (χ4v) is 3.48. The molecule has 0 saturated heterocycles. The number of amides is 2. The minimum atomic E-state index is -0.940. The average Bonchev–Trinajstić information content (AvgIpc) is 2.79. The van der Waals surface area contributed by atoms with Crippen LogP contribution in [0.2, 0.25) is 0 Å². The first-order valence-electron chi connectivity index (χ1n) is 10.0. The summed E-state index contributed by atoms with van der Waals surface area (Å²) in [7, 11) is 0. The summed E-state index contributed by atoms with van der Waals surface area (Å²) in [5, 5.41) is 6.41. The largest absolute Gasteiger partial charge is 0.366 e. The molecular formula is C24H19F2N5O2. The lowest BCUT2D eigenvalue weighted by molar-refractivity contribution is 0.0997. The minimum Gasteiger partial charge on any atom is -0.366 e. The van der Waals surface area contributed by atoms with Gasteiger partial charge >= 0.3 is 0 Å². The van der Waals surface area contributed by atoms with Crippen LogP contribution < -0.4 is 16.4 Å². The van der Waals surface area contributed by atoms with Gasteiger partial charge in [0.2, 0.25) is 0 Å². The Morgan fingerprint density at radius 1 is 0.970 bits per heavy atom. The molecule has 1 aromatic heterocycles. The predicted octanol–water partition coefficient (Wildman–Crippen LogP) is 4.43. The number of fused-ring (bicyclic) bond motifs is 1. The Labute approximate surface area is 187 Å². The van der Waals surface area contributed by atoms with Crippen LogP contribution in [0.4, 0.5) is 20.3 Å². The first-order chi connectivity index (χ1) is 15.8. The van der Waals surface area contributed by atoms with E-state index in [0.717, 1.165) is 17.7 Å². The van der Waals surface area contributed by atoms with Crippen LogP contribution in [-0.2, 0) is 0 Å². The lowest BCUT2D eigenvalue weighted by Gasteiger charge is -2.17. The van der Waals surface area contributed by atoms with Crippen LogP contribution in [0, 0.1) is 11.6 Å². The standard InChI is InChI=1S/C24H19F2N5O2/c1-13(30-23-17-8-3-7-16(22(27)32)21(17)28-12-29-23)14-5-2-6-15(11-14)31-24(33)20-18(25)9-4-10-19(20)26/h2-13H,1H3,(H2,27,32)(H,31,33)(H,28,29,30)/t13-/m1/s1. The zero-order valence-electron chi connectivity index (χ0n) is 17.5. The molecule has 0 aliphatic carbocycles. The topological polar surface area (TPSA) is 110 Å². The number of hydrogen-bond acceptors (Lipinski definition) is 5. The van der Waals surface area contributed by atoms with E-state index in [1.165, 1.54) is 12.4 Å². The van der Waals surface area contributed by atoms with Crippen molar-refractivity contribution in [2.24, 2.45) is 5.73 Å². The monoisotopic (exact) mass is 447 g/mol. The number of hydrogen-bond donors (Lipinski definition) is 3. The Morgan fingerprint density at radius 2 is 1.67 bits per heavy atom. The van der Waals surface area contributed by atoms with Gasteiger partial charge in [0, 0.05) is 11.1 Å². The van der Waals surface area contributed by atoms with Crippen molar-refractivity contribution in [3.63, 3.8) is 0 Å². The van der Waals surface area contributed by atoms with Crippen molar-refractivity contribution in [2.75, 3.05) is 10.6 Å². The van der Waals surface area contributed by atoms with Gasteiger partial charge in [0.15, 0.2) is 0 Å². The molecule has 0 fully saturated rings. The van der Waals surface area contributed by atoms with Gasteiger partial charge in [-0.1, -0.05) is 24.3 Å². The Kier molecular flexibility index (Phi) is 5.95. The maximum atomic E-state index is 13.9. The van der Waals surface area contributed by atoms with E-state index in [1.54, 1.807) is 36.4 Å². The molecule has 4 rings (SSSR count). The van der Waals surface area contributed by atoms with Gasteiger partial charge in [-0.3, -0.25) is 9.59 Å². The van der Waals surface area contributed by atoms with E-state index in [-0.39, 0.29) is 11.6 Å². The van der Waals surface area contributed by atoms with Crippen LogP contribution in [0.15, 0.2) is 67.0 Å². The van der Waals surface area contributed by atoms with E-state index in [9.17, 15) is 18.4 Å². The third-order valence-corrected chi connectivity index (χ3v) is 5.12. The van der Waals surface area contributed by atoms with E-state index in [2.05, 4.69) is 20.6 Å². The summed E-state index contributed by atoms with van der Waals surface area (Å²) in [6.45, 7) is 1.88. The zero-order chi connectivity index (χ0) is 23.5. The quantitative estimate of drug-likeness (QED) is 0.405. The van der Waals surface area contributed by atoms with Crippen molar-refractivity contribution < 1.29 is 18.4 Å². The van der Waals surface area contributed by atoms with E-state index >= 15 is 0 Å². The van der Waals surface area contributed by atoms with E-state index in [4.69, 9.17) is 5.73 Å². The van der Waals surface area contributed by atoms with Gasteiger partial charge in [0.25, 0.3) is 11.8 Å². The van der Waals surface area contributed by atoms with Crippen molar-refractivity contribution in [3.8, 4) is 0 Å². The molecule has 4 aromatic rings. The molecule has 0 bridgehead atoms. The van der Waals surface area contributed by atoms with E-state index in [0.29, 0.717) is 22.4 Å². The Morgan fingerprint density at radius 3 is 2.39 bits per heavy atom. The summed E-state index contributed by atoms with van der Waals surface area (Å²) >= 11 is 0. The van der Waals surface area contributed by atoms with Gasteiger partial charge in [0.1, 0.15) is 29.3 Å². The molecule has 3 aromatic carbocycles. The first-order valence-corrected chi connectivity index (χ1v) is 10.0. The molecule has 166 valence electrons. The second-order valence-corrected chi connectivity index (χ2v) is 7.33. The van der Waals surface area contributed by atoms with Crippen LogP contribution in [0.25, 0.3) is 10.9 Å². The highest BCUT2D eigenvalue weighted by molar-refractivity contribution is 6.07. The van der Waals surface area contributed by atoms with Gasteiger partial charge < -0.3 is 16.4 Å². The molecule has 0 aliphatic heterocycles. The third-order valence-electron chi connectivity index (χ3n) is 5.12. The van der Waals surface area contributed by atoms with Gasteiger partial charge in [-0.2, -0.15) is 0 Å². The van der Waals surface area contributed by atoms with Crippen LogP contribution in [-0.4, -0.2) is 21.8 Å². The summed E-state index contributed by atoms with van der Waals surface area (Å²) in [5.41, 5.74) is 6.66. The van der Waals surface area contributed by atoms with Crippen molar-refractivity contribution in [1.82, 2.24) is 9.97 Å². The van der Waals surface area contributed by atoms with Gasteiger partial charge in [-0.05, 0) is 48.9 Å². The Hall–Kier alpha value is -4.40. The van der Waals surface area contributed by atoms with E-state index < -0.39 is 29.0 Å². The SMILES string of the molecule is C[C@@H](Nc1ncnc2c(C(N)=O)cccc12)c1cccc(NC(=O)c2c(F)cccc2F)c1. The van der Waals surface area contributed by atoms with Gasteiger partial charge in [0.05, 0.1) is 17.1 Å². The molecule has 0 saturated carbocycles. The molecule has 2 amide bonds. The molecule has 0 unspecified atom stereocenters. The smallest absolute Gasteiger partial charge is 0.261 e. The molecule has 1 atom stereocenters. The van der Waals surface area contributed by atoms with Gasteiger partial charge in [-0.15, -0.1) is 0 Å². The summed E-state index contributed by atoms with van der Waals surface area (Å²) in [5.74, 6) is -2.86. The first kappa shape index (κ1) is 21.8. The molecule has 0 radical (unpaired) electrons. The minimum absolute atomic E-state index is 0.276. The zero-order valence-corrected chi connectivity index (χ0v) is 17.5. The summed E-state index contributed by atoms with van der Waals surface area (Å²) in [6, 6.07) is 14.9. The summed E-state index contributed by atoms with van der Waals surface area (Å²) in [6.07, 6.45) is 1.34. The van der Waals surface area contributed by atoms with Crippen LogP contribution in [0.1, 0.15) is 39.2 Å². The fourth-order valence-electron chi connectivity index (χ4n) is 3.48. The highest BCUT2D eigenvalue weighted by atomic mass is 19.1. The average molecular weight is 447 g/mol. The number of nitrogens with one attached hydrogen (secondary N) is 2. The number of carbonyl (C=O) groups is 2. The van der Waals surface area contributed by atoms with Crippen LogP contribution in [0.3, 0.4) is 0 Å². The highest BCUT2D eigenvalue weighted by Crippen LogP contribution is 2.27. The number of carbonyl (C=O) groups excluding carboxylic acids is 2. The predicted molar refractivity (Wildman–Crippen MR) is 121 cm³/mol. The molecule has 33 heavy (non-hydrogen) atoms. The molecule has 1 heterocycles. The second-order valence-electron chi connectivity index (χ2n) is 7.33. The lowest BCUT2D eigenvalue weighted by Crippen LogP contribution is -2.16. The maximum Gasteiger partial charge on any atom is 0.261 e. The Balaban J connectivity index is 1.58. The number of benzene rings is 3. The van der Waals surface area contributed by atoms with Crippen molar-refractivity contribution in [1.29, 1.82) is 0 Å². The molecule has 4 N–H and O–H groups in total. The van der Waals surface area contributed by atoms with E-state index in [1.807, 2.05) is 13.0 Å². The number of primary amides is 1. The molecular weight excluding hydrogens is 428 g/mol. The lowest BCUT2D eigenvalue weighted by atomic mass is 10.1. The summed E-state index contributed by atoms with van der Waals surface area (Å²) in [4.78, 5) is 32.5. The number of aromatic nitrogens is 2. The fraction of sp³-hybridized carbons (Fsp3) is 0.0833. The third kappa shape index (κ3) is 4.47. The number of para-hydroxylation sites is 1. The number of rotatable bonds is 6. The summed E-state index contributed by atoms with van der Waals surface area (Å²) < 4.78 is 27.8. The maximum absolute atomic E-state index is 13.9. The number of nitrogens with two attached hydrogens (primary N) is 1. The van der Waals surface area contributed by atoms with Crippen molar-refractivity contribution >= 4 is 34.2 Å². The molecule has 0 spiro atoms.